The third-order valence-electron chi connectivity index (χ3n) is 3.38. The predicted molar refractivity (Wildman–Crippen MR) is 96.0 cm³/mol. The van der Waals surface area contributed by atoms with Crippen molar-refractivity contribution in [2.75, 3.05) is 20.6 Å². The van der Waals surface area contributed by atoms with Crippen molar-refractivity contribution in [1.82, 2.24) is 9.80 Å². The van der Waals surface area contributed by atoms with Gasteiger partial charge in [0, 0.05) is 28.3 Å². The number of thiophene rings is 1. The first-order valence-electron chi connectivity index (χ1n) is 7.12. The van der Waals surface area contributed by atoms with E-state index in [9.17, 15) is 4.79 Å². The van der Waals surface area contributed by atoms with E-state index < -0.39 is 0 Å². The maximum absolute atomic E-state index is 12.3. The lowest BCUT2D eigenvalue weighted by Crippen LogP contribution is -2.35. The molecule has 0 fully saturated rings. The Bertz CT molecular complexity index is 705. The SMILES string of the molecule is CN(CC(=O)N(C)Cc1cc(Br)cs1)Cc1ccc(C#N)cc1. The zero-order valence-corrected chi connectivity index (χ0v) is 15.5. The fourth-order valence-corrected chi connectivity index (χ4v) is 3.67. The van der Waals surface area contributed by atoms with Crippen LogP contribution in [0.1, 0.15) is 16.0 Å². The van der Waals surface area contributed by atoms with E-state index >= 15 is 0 Å². The molecule has 0 unspecified atom stereocenters. The molecule has 2 aromatic rings. The molecule has 0 aliphatic heterocycles. The van der Waals surface area contributed by atoms with Crippen molar-refractivity contribution in [2.24, 2.45) is 0 Å². The second-order valence-electron chi connectivity index (χ2n) is 5.46. The van der Waals surface area contributed by atoms with Crippen LogP contribution in [0.15, 0.2) is 40.2 Å². The number of halogens is 1. The van der Waals surface area contributed by atoms with Gasteiger partial charge in [-0.1, -0.05) is 12.1 Å². The first-order chi connectivity index (χ1) is 11.0. The fourth-order valence-electron chi connectivity index (χ4n) is 2.16. The lowest BCUT2D eigenvalue weighted by molar-refractivity contribution is -0.131. The van der Waals surface area contributed by atoms with Gasteiger partial charge in [-0.25, -0.2) is 0 Å². The van der Waals surface area contributed by atoms with Gasteiger partial charge in [0.25, 0.3) is 0 Å². The molecule has 23 heavy (non-hydrogen) atoms. The Morgan fingerprint density at radius 3 is 2.52 bits per heavy atom. The van der Waals surface area contributed by atoms with Crippen LogP contribution in [0.2, 0.25) is 0 Å². The van der Waals surface area contributed by atoms with Crippen molar-refractivity contribution in [3.05, 3.63) is 56.2 Å². The van der Waals surface area contributed by atoms with Crippen LogP contribution >= 0.6 is 27.3 Å². The molecule has 1 amide bonds. The van der Waals surface area contributed by atoms with Crippen molar-refractivity contribution < 1.29 is 4.79 Å². The molecular weight excluding hydrogens is 374 g/mol. The van der Waals surface area contributed by atoms with E-state index in [0.717, 1.165) is 14.9 Å². The number of amides is 1. The molecular formula is C17H18BrN3OS. The van der Waals surface area contributed by atoms with Gasteiger partial charge in [0.05, 0.1) is 24.7 Å². The molecule has 6 heteroatoms. The fraction of sp³-hybridized carbons (Fsp3) is 0.294. The van der Waals surface area contributed by atoms with Gasteiger partial charge in [-0.15, -0.1) is 11.3 Å². The van der Waals surface area contributed by atoms with E-state index in [-0.39, 0.29) is 5.91 Å². The lowest BCUT2D eigenvalue weighted by Gasteiger charge is -2.21. The molecule has 0 saturated carbocycles. The number of likely N-dealkylation sites (N-methyl/N-ethyl adjacent to an activating group) is 2. The van der Waals surface area contributed by atoms with Gasteiger partial charge < -0.3 is 4.90 Å². The highest BCUT2D eigenvalue weighted by atomic mass is 79.9. The van der Waals surface area contributed by atoms with Crippen LogP contribution in [-0.2, 0) is 17.9 Å². The van der Waals surface area contributed by atoms with Crippen LogP contribution < -0.4 is 0 Å². The van der Waals surface area contributed by atoms with Crippen molar-refractivity contribution in [2.45, 2.75) is 13.1 Å². The molecule has 0 aliphatic rings. The summed E-state index contributed by atoms with van der Waals surface area (Å²) in [7, 11) is 3.75. The smallest absolute Gasteiger partial charge is 0.236 e. The van der Waals surface area contributed by atoms with Crippen molar-refractivity contribution in [3.63, 3.8) is 0 Å². The van der Waals surface area contributed by atoms with Crippen LogP contribution in [0, 0.1) is 11.3 Å². The van der Waals surface area contributed by atoms with E-state index in [1.54, 1.807) is 28.4 Å². The second kappa shape index (κ2) is 8.25. The molecule has 0 atom stereocenters. The molecule has 120 valence electrons. The van der Waals surface area contributed by atoms with Gasteiger partial charge in [0.1, 0.15) is 0 Å². The van der Waals surface area contributed by atoms with Crippen molar-refractivity contribution >= 4 is 33.2 Å². The van der Waals surface area contributed by atoms with E-state index in [1.807, 2.05) is 42.6 Å². The Morgan fingerprint density at radius 2 is 1.96 bits per heavy atom. The number of carbonyl (C=O) groups excluding carboxylic acids is 1. The summed E-state index contributed by atoms with van der Waals surface area (Å²) >= 11 is 5.06. The highest BCUT2D eigenvalue weighted by Gasteiger charge is 2.13. The molecule has 0 spiro atoms. The quantitative estimate of drug-likeness (QED) is 0.757. The average molecular weight is 392 g/mol. The Balaban J connectivity index is 1.84. The summed E-state index contributed by atoms with van der Waals surface area (Å²) in [4.78, 5) is 17.2. The summed E-state index contributed by atoms with van der Waals surface area (Å²) in [6, 6.07) is 11.6. The Kier molecular flexibility index (Phi) is 6.34. The lowest BCUT2D eigenvalue weighted by atomic mass is 10.1. The highest BCUT2D eigenvalue weighted by Crippen LogP contribution is 2.20. The Labute approximate surface area is 149 Å². The highest BCUT2D eigenvalue weighted by molar-refractivity contribution is 9.10. The molecule has 0 saturated heterocycles. The number of rotatable bonds is 6. The van der Waals surface area contributed by atoms with Gasteiger partial charge in [-0.3, -0.25) is 9.69 Å². The topological polar surface area (TPSA) is 47.3 Å². The number of nitriles is 1. The first kappa shape index (κ1) is 17.7. The maximum atomic E-state index is 12.3. The summed E-state index contributed by atoms with van der Waals surface area (Å²) in [6.07, 6.45) is 0. The standard InChI is InChI=1S/C17H18BrN3OS/c1-20(9-14-5-3-13(8-19)4-6-14)11-17(22)21(2)10-16-7-15(18)12-23-16/h3-7,12H,9-11H2,1-2H3. The van der Waals surface area contributed by atoms with Gasteiger partial charge in [-0.05, 0) is 46.7 Å². The Morgan fingerprint density at radius 1 is 1.26 bits per heavy atom. The first-order valence-corrected chi connectivity index (χ1v) is 8.79. The number of benzene rings is 1. The van der Waals surface area contributed by atoms with Crippen LogP contribution in [0.5, 0.6) is 0 Å². The van der Waals surface area contributed by atoms with Crippen LogP contribution in [0.4, 0.5) is 0 Å². The van der Waals surface area contributed by atoms with E-state index in [2.05, 4.69) is 22.0 Å². The molecule has 1 aromatic heterocycles. The molecule has 1 aromatic carbocycles. The molecule has 0 bridgehead atoms. The van der Waals surface area contributed by atoms with E-state index in [0.29, 0.717) is 25.2 Å². The van der Waals surface area contributed by atoms with Crippen molar-refractivity contribution in [1.29, 1.82) is 5.26 Å². The second-order valence-corrected chi connectivity index (χ2v) is 7.37. The molecule has 1 heterocycles. The summed E-state index contributed by atoms with van der Waals surface area (Å²) in [6.45, 7) is 1.67. The minimum atomic E-state index is 0.0886. The third kappa shape index (κ3) is 5.47. The molecule has 2 rings (SSSR count). The zero-order valence-electron chi connectivity index (χ0n) is 13.1. The normalized spacial score (nSPS) is 10.6. The molecule has 4 nitrogen and oxygen atoms in total. The summed E-state index contributed by atoms with van der Waals surface area (Å²) in [5.74, 6) is 0.0886. The molecule has 0 radical (unpaired) electrons. The van der Waals surface area contributed by atoms with Crippen LogP contribution in [-0.4, -0.2) is 36.3 Å². The zero-order chi connectivity index (χ0) is 16.8. The van der Waals surface area contributed by atoms with Gasteiger partial charge >= 0.3 is 0 Å². The largest absolute Gasteiger partial charge is 0.340 e. The van der Waals surface area contributed by atoms with E-state index in [4.69, 9.17) is 5.26 Å². The number of hydrogen-bond acceptors (Lipinski definition) is 4. The predicted octanol–water partition coefficient (Wildman–Crippen LogP) is 3.47. The number of carbonyl (C=O) groups is 1. The summed E-state index contributed by atoms with van der Waals surface area (Å²) in [5.41, 5.74) is 1.73. The van der Waals surface area contributed by atoms with Gasteiger partial charge in [-0.2, -0.15) is 5.26 Å². The molecule has 0 N–H and O–H groups in total. The van der Waals surface area contributed by atoms with Gasteiger partial charge in [0.2, 0.25) is 5.91 Å². The van der Waals surface area contributed by atoms with Crippen LogP contribution in [0.25, 0.3) is 0 Å². The monoisotopic (exact) mass is 391 g/mol. The van der Waals surface area contributed by atoms with Crippen molar-refractivity contribution in [3.8, 4) is 6.07 Å². The minimum Gasteiger partial charge on any atom is -0.340 e. The molecule has 0 aliphatic carbocycles. The number of nitrogens with zero attached hydrogens (tertiary/aromatic N) is 3. The van der Waals surface area contributed by atoms with E-state index in [1.165, 1.54) is 0 Å². The minimum absolute atomic E-state index is 0.0886. The van der Waals surface area contributed by atoms with Gasteiger partial charge in [0.15, 0.2) is 0 Å². The number of hydrogen-bond donors (Lipinski definition) is 0. The average Bonchev–Trinajstić information content (AvgIpc) is 2.93. The maximum Gasteiger partial charge on any atom is 0.236 e. The van der Waals surface area contributed by atoms with Crippen LogP contribution in [0.3, 0.4) is 0 Å². The third-order valence-corrected chi connectivity index (χ3v) is 5.06. The summed E-state index contributed by atoms with van der Waals surface area (Å²) < 4.78 is 1.05. The summed E-state index contributed by atoms with van der Waals surface area (Å²) in [5, 5.41) is 10.8. The Hall–Kier alpha value is -1.68.